The molecule has 0 fully saturated rings. The number of amides is 2. The molecule has 0 aliphatic carbocycles. The van der Waals surface area contributed by atoms with E-state index in [0.717, 1.165) is 0 Å². The van der Waals surface area contributed by atoms with E-state index in [-0.39, 0.29) is 11.3 Å². The van der Waals surface area contributed by atoms with Crippen LogP contribution < -0.4 is 10.5 Å². The van der Waals surface area contributed by atoms with Gasteiger partial charge in [0.25, 0.3) is 10.0 Å². The summed E-state index contributed by atoms with van der Waals surface area (Å²) >= 11 is 0. The second-order valence-electron chi connectivity index (χ2n) is 3.18. The molecule has 17 heavy (non-hydrogen) atoms. The quantitative estimate of drug-likeness (QED) is 0.681. The maximum absolute atomic E-state index is 11.4. The van der Waals surface area contributed by atoms with E-state index in [9.17, 15) is 18.0 Å². The number of hydrogen-bond donors (Lipinski definition) is 3. The largest absolute Gasteiger partial charge is 0.481 e. The van der Waals surface area contributed by atoms with Crippen LogP contribution in [0.2, 0.25) is 0 Å². The van der Waals surface area contributed by atoms with Gasteiger partial charge in [0.1, 0.15) is 0 Å². The molecule has 0 aliphatic heterocycles. The summed E-state index contributed by atoms with van der Waals surface area (Å²) in [6.45, 7) is 0. The Bertz CT molecular complexity index is 535. The fraction of sp³-hybridized carbons (Fsp3) is 0.111. The van der Waals surface area contributed by atoms with Gasteiger partial charge in [0.2, 0.25) is 0 Å². The summed E-state index contributed by atoms with van der Waals surface area (Å²) in [6, 6.07) is 3.92. The molecule has 0 atom stereocenters. The molecule has 0 heterocycles. The number of nitrogens with one attached hydrogen (secondary N) is 1. The molecular weight excluding hydrogens is 248 g/mol. The molecule has 7 nitrogen and oxygen atoms in total. The summed E-state index contributed by atoms with van der Waals surface area (Å²) in [5.74, 6) is -1.02. The Morgan fingerprint density at radius 1 is 1.24 bits per heavy atom. The predicted octanol–water partition coefficient (Wildman–Crippen LogP) is -0.329. The summed E-state index contributed by atoms with van der Waals surface area (Å²) < 4.78 is 24.5. The number of carboxylic acids is 1. The van der Waals surface area contributed by atoms with E-state index in [1.807, 2.05) is 0 Å². The lowest BCUT2D eigenvalue weighted by atomic mass is 10.2. The first-order chi connectivity index (χ1) is 7.81. The molecule has 1 aromatic rings. The summed E-state index contributed by atoms with van der Waals surface area (Å²) in [6.07, 6.45) is -0.205. The van der Waals surface area contributed by atoms with E-state index in [1.165, 1.54) is 24.3 Å². The van der Waals surface area contributed by atoms with Gasteiger partial charge in [-0.3, -0.25) is 4.79 Å². The fourth-order valence-electron chi connectivity index (χ4n) is 1.15. The van der Waals surface area contributed by atoms with Crippen molar-refractivity contribution >= 4 is 22.0 Å². The highest BCUT2D eigenvalue weighted by Gasteiger charge is 2.15. The molecule has 1 aromatic carbocycles. The smallest absolute Gasteiger partial charge is 0.326 e. The number of rotatable bonds is 4. The highest BCUT2D eigenvalue weighted by molar-refractivity contribution is 7.90. The zero-order chi connectivity index (χ0) is 13.1. The minimum atomic E-state index is -3.98. The third kappa shape index (κ3) is 3.76. The summed E-state index contributed by atoms with van der Waals surface area (Å²) in [5.41, 5.74) is 5.16. The van der Waals surface area contributed by atoms with Crippen LogP contribution in [0.4, 0.5) is 4.79 Å². The normalized spacial score (nSPS) is 10.8. The van der Waals surface area contributed by atoms with Gasteiger partial charge < -0.3 is 10.8 Å². The van der Waals surface area contributed by atoms with Crippen molar-refractivity contribution in [2.75, 3.05) is 0 Å². The molecule has 1 rings (SSSR count). The van der Waals surface area contributed by atoms with Crippen molar-refractivity contribution < 1.29 is 23.1 Å². The van der Waals surface area contributed by atoms with Crippen LogP contribution in [0.15, 0.2) is 29.2 Å². The van der Waals surface area contributed by atoms with Gasteiger partial charge in [-0.15, -0.1) is 0 Å². The number of aliphatic carboxylic acids is 1. The van der Waals surface area contributed by atoms with E-state index in [2.05, 4.69) is 0 Å². The Morgan fingerprint density at radius 2 is 1.76 bits per heavy atom. The van der Waals surface area contributed by atoms with E-state index >= 15 is 0 Å². The minimum Gasteiger partial charge on any atom is -0.481 e. The lowest BCUT2D eigenvalue weighted by molar-refractivity contribution is -0.136. The first-order valence-electron chi connectivity index (χ1n) is 4.44. The van der Waals surface area contributed by atoms with Crippen molar-refractivity contribution in [3.63, 3.8) is 0 Å². The van der Waals surface area contributed by atoms with Gasteiger partial charge in [0.05, 0.1) is 11.3 Å². The third-order valence-electron chi connectivity index (χ3n) is 1.82. The molecule has 0 unspecified atom stereocenters. The van der Waals surface area contributed by atoms with Crippen molar-refractivity contribution in [1.29, 1.82) is 0 Å². The van der Waals surface area contributed by atoms with Crippen molar-refractivity contribution in [1.82, 2.24) is 4.72 Å². The van der Waals surface area contributed by atoms with Gasteiger partial charge in [-0.25, -0.2) is 17.9 Å². The average molecular weight is 258 g/mol. The summed E-state index contributed by atoms with van der Waals surface area (Å²) in [7, 11) is -3.98. The maximum atomic E-state index is 11.4. The van der Waals surface area contributed by atoms with Gasteiger partial charge in [0.15, 0.2) is 0 Å². The zero-order valence-corrected chi connectivity index (χ0v) is 9.40. The molecule has 0 spiro atoms. The number of primary amides is 1. The van der Waals surface area contributed by atoms with Crippen LogP contribution >= 0.6 is 0 Å². The Hall–Kier alpha value is -2.09. The van der Waals surface area contributed by atoms with Gasteiger partial charge in [-0.1, -0.05) is 12.1 Å². The number of hydrogen-bond acceptors (Lipinski definition) is 4. The number of urea groups is 1. The van der Waals surface area contributed by atoms with Crippen LogP contribution in [-0.4, -0.2) is 25.5 Å². The Labute approximate surface area is 97.3 Å². The van der Waals surface area contributed by atoms with Crippen LogP contribution in [0.25, 0.3) is 0 Å². The van der Waals surface area contributed by atoms with Crippen LogP contribution in [0.5, 0.6) is 0 Å². The van der Waals surface area contributed by atoms with Crippen LogP contribution in [0.1, 0.15) is 5.56 Å². The van der Waals surface area contributed by atoms with Crippen molar-refractivity contribution in [2.24, 2.45) is 5.73 Å². The van der Waals surface area contributed by atoms with Crippen LogP contribution in [0, 0.1) is 0 Å². The van der Waals surface area contributed by atoms with Gasteiger partial charge in [-0.05, 0) is 17.7 Å². The van der Waals surface area contributed by atoms with E-state index in [0.29, 0.717) is 5.56 Å². The van der Waals surface area contributed by atoms with E-state index in [1.54, 1.807) is 4.72 Å². The van der Waals surface area contributed by atoms with Crippen LogP contribution in [0.3, 0.4) is 0 Å². The molecule has 4 N–H and O–H groups in total. The maximum Gasteiger partial charge on any atom is 0.326 e. The Kier molecular flexibility index (Phi) is 3.69. The molecule has 0 bridgehead atoms. The molecule has 0 radical (unpaired) electrons. The molecule has 0 aliphatic rings. The summed E-state index contributed by atoms with van der Waals surface area (Å²) in [4.78, 5) is 20.7. The number of nitrogens with two attached hydrogens (primary N) is 1. The second kappa shape index (κ2) is 4.83. The van der Waals surface area contributed by atoms with E-state index in [4.69, 9.17) is 10.8 Å². The number of benzene rings is 1. The minimum absolute atomic E-state index is 0.162. The topological polar surface area (TPSA) is 127 Å². The molecule has 0 saturated carbocycles. The number of carbonyl (C=O) groups excluding carboxylic acids is 1. The third-order valence-corrected chi connectivity index (χ3v) is 3.19. The molecule has 0 saturated heterocycles. The van der Waals surface area contributed by atoms with Gasteiger partial charge >= 0.3 is 12.0 Å². The first-order valence-corrected chi connectivity index (χ1v) is 5.92. The number of carboxylic acid groups (broad SMARTS) is 1. The lowest BCUT2D eigenvalue weighted by Gasteiger charge is -2.04. The fourth-order valence-corrected chi connectivity index (χ4v) is 2.03. The number of carbonyl (C=O) groups is 2. The second-order valence-corrected chi connectivity index (χ2v) is 4.87. The van der Waals surface area contributed by atoms with Crippen molar-refractivity contribution in [3.05, 3.63) is 29.8 Å². The van der Waals surface area contributed by atoms with Crippen molar-refractivity contribution in [2.45, 2.75) is 11.3 Å². The lowest BCUT2D eigenvalue weighted by Crippen LogP contribution is -2.34. The van der Waals surface area contributed by atoms with Gasteiger partial charge in [0, 0.05) is 0 Å². The van der Waals surface area contributed by atoms with Crippen LogP contribution in [-0.2, 0) is 21.2 Å². The van der Waals surface area contributed by atoms with E-state index < -0.39 is 22.0 Å². The highest BCUT2D eigenvalue weighted by Crippen LogP contribution is 2.10. The average Bonchev–Trinajstić information content (AvgIpc) is 2.15. The molecule has 0 aromatic heterocycles. The molecule has 92 valence electrons. The Balaban J connectivity index is 2.94. The van der Waals surface area contributed by atoms with Crippen molar-refractivity contribution in [3.8, 4) is 0 Å². The standard InChI is InChI=1S/C9H10N2O5S/c10-9(14)11-17(15,16)7-3-1-6(2-4-7)5-8(12)13/h1-4H,5H2,(H,12,13)(H3,10,11,14). The monoisotopic (exact) mass is 258 g/mol. The first kappa shape index (κ1) is 13.0. The SMILES string of the molecule is NC(=O)NS(=O)(=O)c1ccc(CC(=O)O)cc1. The number of sulfonamides is 1. The predicted molar refractivity (Wildman–Crippen MR) is 57.7 cm³/mol. The Morgan fingerprint density at radius 3 is 2.18 bits per heavy atom. The zero-order valence-electron chi connectivity index (χ0n) is 8.58. The molecular formula is C9H10N2O5S. The highest BCUT2D eigenvalue weighted by atomic mass is 32.2. The summed E-state index contributed by atoms with van der Waals surface area (Å²) in [5, 5.41) is 8.52. The molecule has 2 amide bonds. The van der Waals surface area contributed by atoms with Gasteiger partial charge in [-0.2, -0.15) is 0 Å². The molecule has 8 heteroatoms.